The van der Waals surface area contributed by atoms with Crippen molar-refractivity contribution in [1.29, 1.82) is 0 Å². The molecular weight excluding hydrogens is 414 g/mol. The van der Waals surface area contributed by atoms with E-state index in [0.29, 0.717) is 29.2 Å². The van der Waals surface area contributed by atoms with Crippen molar-refractivity contribution in [3.05, 3.63) is 42.7 Å². The number of benzene rings is 1. The van der Waals surface area contributed by atoms with Gasteiger partial charge in [-0.05, 0) is 37.1 Å². The Morgan fingerprint density at radius 1 is 1.20 bits per heavy atom. The normalized spacial score (nSPS) is 12.4. The molecule has 1 N–H and O–H groups in total. The summed E-state index contributed by atoms with van der Waals surface area (Å²) in [5, 5.41) is 11.1. The Hall–Kier alpha value is -2.88. The summed E-state index contributed by atoms with van der Waals surface area (Å²) in [6.07, 6.45) is 1.56. The van der Waals surface area contributed by atoms with Crippen LogP contribution in [0.5, 0.6) is 5.75 Å². The monoisotopic (exact) mass is 436 g/mol. The number of ether oxygens (including phenoxy) is 1. The predicted molar refractivity (Wildman–Crippen MR) is 110 cm³/mol. The molecule has 0 bridgehead atoms. The molecule has 0 aliphatic rings. The Labute approximate surface area is 176 Å². The number of halogens is 2. The van der Waals surface area contributed by atoms with Crippen molar-refractivity contribution in [1.82, 2.24) is 14.8 Å². The lowest BCUT2D eigenvalue weighted by Crippen LogP contribution is -2.23. The Bertz CT molecular complexity index is 976. The predicted octanol–water partition coefficient (Wildman–Crippen LogP) is 4.91. The van der Waals surface area contributed by atoms with Crippen molar-refractivity contribution in [2.75, 3.05) is 5.32 Å². The number of alkyl halides is 2. The zero-order chi connectivity index (χ0) is 21.7. The highest BCUT2D eigenvalue weighted by molar-refractivity contribution is 8.00. The molecule has 1 aromatic carbocycles. The summed E-state index contributed by atoms with van der Waals surface area (Å²) in [7, 11) is 0. The molecule has 10 heteroatoms. The molecule has 3 aromatic rings. The number of thioether (sulfide) groups is 1. The molecule has 1 amide bonds. The fraction of sp³-hybridized carbons (Fsp3) is 0.350. The van der Waals surface area contributed by atoms with Crippen molar-refractivity contribution in [3.63, 3.8) is 0 Å². The Morgan fingerprint density at radius 2 is 1.97 bits per heavy atom. The first-order chi connectivity index (χ1) is 14.3. The van der Waals surface area contributed by atoms with E-state index in [1.807, 2.05) is 4.57 Å². The van der Waals surface area contributed by atoms with E-state index in [-0.39, 0.29) is 17.3 Å². The number of carbonyl (C=O) groups is 1. The van der Waals surface area contributed by atoms with Crippen molar-refractivity contribution in [3.8, 4) is 17.3 Å². The number of amides is 1. The van der Waals surface area contributed by atoms with Crippen LogP contribution in [0.1, 0.15) is 20.8 Å². The maximum atomic E-state index is 12.7. The Morgan fingerprint density at radius 3 is 2.63 bits per heavy atom. The van der Waals surface area contributed by atoms with Crippen molar-refractivity contribution in [2.24, 2.45) is 5.92 Å². The van der Waals surface area contributed by atoms with Gasteiger partial charge in [-0.3, -0.25) is 9.36 Å². The van der Waals surface area contributed by atoms with Crippen molar-refractivity contribution in [2.45, 2.75) is 44.3 Å². The molecule has 2 aromatic heterocycles. The number of nitrogens with one attached hydrogen (secondary N) is 1. The van der Waals surface area contributed by atoms with Crippen LogP contribution in [-0.2, 0) is 11.3 Å². The van der Waals surface area contributed by atoms with Gasteiger partial charge in [0.15, 0.2) is 16.7 Å². The molecule has 1 unspecified atom stereocenters. The van der Waals surface area contributed by atoms with E-state index in [2.05, 4.69) is 34.1 Å². The largest absolute Gasteiger partial charge is 0.461 e. The average Bonchev–Trinajstić information content (AvgIpc) is 3.33. The smallest absolute Gasteiger partial charge is 0.387 e. The second-order valence-corrected chi connectivity index (χ2v) is 8.22. The summed E-state index contributed by atoms with van der Waals surface area (Å²) in [6, 6.07) is 9.62. The van der Waals surface area contributed by atoms with E-state index < -0.39 is 11.9 Å². The maximum absolute atomic E-state index is 12.7. The standard InChI is InChI=1S/C20H22F2N4O3S/c1-12(2)11-26-17(16-9-6-10-28-16)24-25-20(26)30-13(3)18(27)23-14-7-4-5-8-15(14)29-19(21)22/h4-10,12-13,19H,11H2,1-3H3,(H,23,27). The molecule has 0 aliphatic heterocycles. The summed E-state index contributed by atoms with van der Waals surface area (Å²) in [4.78, 5) is 12.7. The summed E-state index contributed by atoms with van der Waals surface area (Å²) < 4.78 is 37.0. The molecule has 0 spiro atoms. The number of anilines is 1. The van der Waals surface area contributed by atoms with E-state index in [0.717, 1.165) is 0 Å². The highest BCUT2D eigenvalue weighted by atomic mass is 32.2. The number of hydrogen-bond acceptors (Lipinski definition) is 6. The molecule has 0 saturated carbocycles. The average molecular weight is 436 g/mol. The molecule has 2 heterocycles. The fourth-order valence-corrected chi connectivity index (χ4v) is 3.57. The first-order valence-corrected chi connectivity index (χ1v) is 10.2. The van der Waals surface area contributed by atoms with Crippen LogP contribution in [0.3, 0.4) is 0 Å². The Kier molecular flexibility index (Phi) is 7.09. The van der Waals surface area contributed by atoms with E-state index in [1.54, 1.807) is 37.5 Å². The van der Waals surface area contributed by atoms with Crippen LogP contribution in [-0.4, -0.2) is 32.5 Å². The van der Waals surface area contributed by atoms with E-state index in [1.165, 1.54) is 23.9 Å². The number of furan rings is 1. The minimum atomic E-state index is -2.98. The second kappa shape index (κ2) is 9.75. The van der Waals surface area contributed by atoms with E-state index in [9.17, 15) is 13.6 Å². The highest BCUT2D eigenvalue weighted by Crippen LogP contribution is 2.30. The molecule has 3 rings (SSSR count). The zero-order valence-electron chi connectivity index (χ0n) is 16.7. The SMILES string of the molecule is CC(C)Cn1c(SC(C)C(=O)Nc2ccccc2OC(F)F)nnc1-c1ccco1. The van der Waals surface area contributed by atoms with Gasteiger partial charge in [-0.2, -0.15) is 8.78 Å². The quantitative estimate of drug-likeness (QED) is 0.480. The summed E-state index contributed by atoms with van der Waals surface area (Å²) >= 11 is 1.22. The number of rotatable bonds is 9. The van der Waals surface area contributed by atoms with Gasteiger partial charge in [0, 0.05) is 6.54 Å². The van der Waals surface area contributed by atoms with Crippen LogP contribution < -0.4 is 10.1 Å². The second-order valence-electron chi connectivity index (χ2n) is 6.91. The minimum Gasteiger partial charge on any atom is -0.461 e. The molecule has 7 nitrogen and oxygen atoms in total. The van der Waals surface area contributed by atoms with Gasteiger partial charge in [0.05, 0.1) is 17.2 Å². The third-order valence-corrected chi connectivity index (χ3v) is 5.10. The first-order valence-electron chi connectivity index (χ1n) is 9.33. The van der Waals surface area contributed by atoms with E-state index in [4.69, 9.17) is 4.42 Å². The molecule has 160 valence electrons. The van der Waals surface area contributed by atoms with Gasteiger partial charge in [-0.1, -0.05) is 37.7 Å². The third kappa shape index (κ3) is 5.38. The highest BCUT2D eigenvalue weighted by Gasteiger charge is 2.23. The van der Waals surface area contributed by atoms with Gasteiger partial charge in [-0.15, -0.1) is 10.2 Å². The lowest BCUT2D eigenvalue weighted by molar-refractivity contribution is -0.115. The van der Waals surface area contributed by atoms with Gasteiger partial charge < -0.3 is 14.5 Å². The summed E-state index contributed by atoms with van der Waals surface area (Å²) in [5.74, 6) is 1.02. The molecule has 30 heavy (non-hydrogen) atoms. The minimum absolute atomic E-state index is 0.0962. The summed E-state index contributed by atoms with van der Waals surface area (Å²) in [5.41, 5.74) is 0.176. The molecule has 0 fully saturated rings. The lowest BCUT2D eigenvalue weighted by atomic mass is 10.2. The van der Waals surface area contributed by atoms with Gasteiger partial charge >= 0.3 is 6.61 Å². The molecular formula is C20H22F2N4O3S. The molecule has 0 radical (unpaired) electrons. The number of nitrogens with zero attached hydrogens (tertiary/aromatic N) is 3. The van der Waals surface area contributed by atoms with Crippen LogP contribution in [0.4, 0.5) is 14.5 Å². The lowest BCUT2D eigenvalue weighted by Gasteiger charge is -2.16. The van der Waals surface area contributed by atoms with Crippen LogP contribution >= 0.6 is 11.8 Å². The number of hydrogen-bond donors (Lipinski definition) is 1. The molecule has 0 aliphatic carbocycles. The molecule has 0 saturated heterocycles. The van der Waals surface area contributed by atoms with Crippen LogP contribution in [0, 0.1) is 5.92 Å². The topological polar surface area (TPSA) is 82.2 Å². The number of carbonyl (C=O) groups excluding carboxylic acids is 1. The van der Waals surface area contributed by atoms with Crippen LogP contribution in [0.25, 0.3) is 11.6 Å². The van der Waals surface area contributed by atoms with Gasteiger partial charge in [0.25, 0.3) is 0 Å². The van der Waals surface area contributed by atoms with Crippen molar-refractivity contribution < 1.29 is 22.7 Å². The fourth-order valence-electron chi connectivity index (χ4n) is 2.71. The summed E-state index contributed by atoms with van der Waals surface area (Å²) in [6.45, 7) is 3.50. The van der Waals surface area contributed by atoms with Crippen LogP contribution in [0.2, 0.25) is 0 Å². The van der Waals surface area contributed by atoms with Gasteiger partial charge in [0.1, 0.15) is 5.75 Å². The Balaban J connectivity index is 1.76. The van der Waals surface area contributed by atoms with Crippen LogP contribution in [0.15, 0.2) is 52.2 Å². The van der Waals surface area contributed by atoms with Gasteiger partial charge in [-0.25, -0.2) is 0 Å². The van der Waals surface area contributed by atoms with Crippen molar-refractivity contribution >= 4 is 23.4 Å². The maximum Gasteiger partial charge on any atom is 0.387 e. The number of para-hydroxylation sites is 2. The first kappa shape index (κ1) is 21.8. The number of aromatic nitrogens is 3. The van der Waals surface area contributed by atoms with Gasteiger partial charge in [0.2, 0.25) is 5.91 Å². The third-order valence-electron chi connectivity index (χ3n) is 4.02. The molecule has 1 atom stereocenters. The van der Waals surface area contributed by atoms with E-state index >= 15 is 0 Å². The zero-order valence-corrected chi connectivity index (χ0v) is 17.5.